The highest BCUT2D eigenvalue weighted by atomic mass is 32.2. The summed E-state index contributed by atoms with van der Waals surface area (Å²) in [4.78, 5) is 12.4. The molecule has 5 nitrogen and oxygen atoms in total. The van der Waals surface area contributed by atoms with Gasteiger partial charge in [-0.2, -0.15) is 0 Å². The minimum absolute atomic E-state index is 0.133. The first-order chi connectivity index (χ1) is 10.8. The molecule has 1 aromatic carbocycles. The average Bonchev–Trinajstić information content (AvgIpc) is 2.54. The maximum atomic E-state index is 12.3. The molecule has 0 radical (unpaired) electrons. The fourth-order valence-corrected chi connectivity index (χ4v) is 3.24. The van der Waals surface area contributed by atoms with Crippen LogP contribution in [-0.4, -0.2) is 39.3 Å². The van der Waals surface area contributed by atoms with E-state index in [1.165, 1.54) is 26.2 Å². The fraction of sp³-hybridized carbons (Fsp3) is 0.588. The monoisotopic (exact) mass is 340 g/mol. The highest BCUT2D eigenvalue weighted by Gasteiger charge is 2.19. The molecule has 1 N–H and O–H groups in total. The predicted octanol–water partition coefficient (Wildman–Crippen LogP) is 2.88. The van der Waals surface area contributed by atoms with Crippen LogP contribution in [0.1, 0.15) is 49.9 Å². The van der Waals surface area contributed by atoms with Crippen molar-refractivity contribution in [3.05, 3.63) is 29.8 Å². The molecule has 0 saturated heterocycles. The van der Waals surface area contributed by atoms with Crippen molar-refractivity contribution in [2.45, 2.75) is 44.4 Å². The van der Waals surface area contributed by atoms with E-state index in [9.17, 15) is 13.2 Å². The van der Waals surface area contributed by atoms with E-state index in [0.717, 1.165) is 30.0 Å². The lowest BCUT2D eigenvalue weighted by atomic mass is 9.99. The Morgan fingerprint density at radius 2 is 1.96 bits per heavy atom. The van der Waals surface area contributed by atoms with Crippen molar-refractivity contribution in [3.63, 3.8) is 0 Å². The molecule has 0 spiro atoms. The molecule has 130 valence electrons. The number of sulfonamides is 1. The number of benzene rings is 1. The second-order valence-corrected chi connectivity index (χ2v) is 8.09. The van der Waals surface area contributed by atoms with Crippen molar-refractivity contribution < 1.29 is 13.2 Å². The summed E-state index contributed by atoms with van der Waals surface area (Å²) in [5.41, 5.74) is 0.373. The zero-order valence-electron chi connectivity index (χ0n) is 14.5. The normalized spacial score (nSPS) is 13.1. The third kappa shape index (κ3) is 5.62. The van der Waals surface area contributed by atoms with Crippen LogP contribution in [0.5, 0.6) is 0 Å². The lowest BCUT2D eigenvalue weighted by Crippen LogP contribution is -2.29. The molecular weight excluding hydrogens is 312 g/mol. The SMILES string of the molecule is CCCCC(CC)CNC(=O)c1cccc(S(=O)(=O)N(C)C)c1. The van der Waals surface area contributed by atoms with E-state index in [1.54, 1.807) is 12.1 Å². The smallest absolute Gasteiger partial charge is 0.251 e. The van der Waals surface area contributed by atoms with Gasteiger partial charge in [-0.05, 0) is 30.5 Å². The zero-order chi connectivity index (χ0) is 17.5. The van der Waals surface area contributed by atoms with Gasteiger partial charge in [0.15, 0.2) is 0 Å². The molecule has 0 fully saturated rings. The van der Waals surface area contributed by atoms with Crippen LogP contribution in [0.25, 0.3) is 0 Å². The van der Waals surface area contributed by atoms with Crippen molar-refractivity contribution >= 4 is 15.9 Å². The molecule has 0 aliphatic heterocycles. The second kappa shape index (κ2) is 9.03. The molecule has 0 saturated carbocycles. The summed E-state index contributed by atoms with van der Waals surface area (Å²) < 4.78 is 25.4. The Bertz CT molecular complexity index is 612. The number of carbonyl (C=O) groups is 1. The Balaban J connectivity index is 2.78. The molecule has 0 aromatic heterocycles. The second-order valence-electron chi connectivity index (χ2n) is 5.94. The van der Waals surface area contributed by atoms with Gasteiger partial charge in [-0.3, -0.25) is 4.79 Å². The Morgan fingerprint density at radius 3 is 2.52 bits per heavy atom. The van der Waals surface area contributed by atoms with Crippen molar-refractivity contribution in [1.29, 1.82) is 0 Å². The van der Waals surface area contributed by atoms with Gasteiger partial charge in [0.2, 0.25) is 10.0 Å². The average molecular weight is 340 g/mol. The molecule has 0 aliphatic carbocycles. The summed E-state index contributed by atoms with van der Waals surface area (Å²) in [6.07, 6.45) is 4.43. The molecule has 1 aromatic rings. The topological polar surface area (TPSA) is 66.5 Å². The predicted molar refractivity (Wildman–Crippen MR) is 93.0 cm³/mol. The highest BCUT2D eigenvalue weighted by Crippen LogP contribution is 2.15. The van der Waals surface area contributed by atoms with Gasteiger partial charge in [-0.25, -0.2) is 12.7 Å². The van der Waals surface area contributed by atoms with Crippen LogP contribution >= 0.6 is 0 Å². The molecular formula is C17H28N2O3S. The summed E-state index contributed by atoms with van der Waals surface area (Å²) in [6, 6.07) is 6.16. The standard InChI is InChI=1S/C17H28N2O3S/c1-5-7-9-14(6-2)13-18-17(20)15-10-8-11-16(12-15)23(21,22)19(3)4/h8,10-12,14H,5-7,9,13H2,1-4H3,(H,18,20). The number of rotatable bonds is 9. The van der Waals surface area contributed by atoms with Crippen LogP contribution in [0.3, 0.4) is 0 Å². The Morgan fingerprint density at radius 1 is 1.26 bits per heavy atom. The first-order valence-corrected chi connectivity index (χ1v) is 9.57. The molecule has 0 bridgehead atoms. The Kier molecular flexibility index (Phi) is 7.72. The Labute approximate surface area is 140 Å². The van der Waals surface area contributed by atoms with Crippen LogP contribution in [0.15, 0.2) is 29.2 Å². The molecule has 0 aliphatic rings. The van der Waals surface area contributed by atoms with Crippen LogP contribution in [0, 0.1) is 5.92 Å². The first-order valence-electron chi connectivity index (χ1n) is 8.13. The first kappa shape index (κ1) is 19.6. The van der Waals surface area contributed by atoms with Gasteiger partial charge in [0, 0.05) is 26.2 Å². The van der Waals surface area contributed by atoms with E-state index in [0.29, 0.717) is 18.0 Å². The number of carbonyl (C=O) groups excluding carboxylic acids is 1. The third-order valence-electron chi connectivity index (χ3n) is 3.97. The molecule has 6 heteroatoms. The van der Waals surface area contributed by atoms with E-state index < -0.39 is 10.0 Å². The van der Waals surface area contributed by atoms with Gasteiger partial charge < -0.3 is 5.32 Å². The molecule has 23 heavy (non-hydrogen) atoms. The number of hydrogen-bond acceptors (Lipinski definition) is 3. The van der Waals surface area contributed by atoms with Gasteiger partial charge >= 0.3 is 0 Å². The van der Waals surface area contributed by atoms with E-state index in [-0.39, 0.29) is 10.8 Å². The van der Waals surface area contributed by atoms with Crippen molar-refractivity contribution in [1.82, 2.24) is 9.62 Å². The number of hydrogen-bond donors (Lipinski definition) is 1. The maximum absolute atomic E-state index is 12.3. The summed E-state index contributed by atoms with van der Waals surface area (Å²) >= 11 is 0. The van der Waals surface area contributed by atoms with Crippen LogP contribution in [-0.2, 0) is 10.0 Å². The lowest BCUT2D eigenvalue weighted by Gasteiger charge is -2.16. The van der Waals surface area contributed by atoms with Crippen molar-refractivity contribution in [2.75, 3.05) is 20.6 Å². The summed E-state index contributed by atoms with van der Waals surface area (Å²) in [7, 11) is -0.580. The van der Waals surface area contributed by atoms with Crippen LogP contribution < -0.4 is 5.32 Å². The number of amides is 1. The lowest BCUT2D eigenvalue weighted by molar-refractivity contribution is 0.0945. The summed E-state index contributed by atoms with van der Waals surface area (Å²) in [6.45, 7) is 4.90. The molecule has 0 heterocycles. The highest BCUT2D eigenvalue weighted by molar-refractivity contribution is 7.89. The molecule has 1 rings (SSSR count). The van der Waals surface area contributed by atoms with Gasteiger partial charge in [0.25, 0.3) is 5.91 Å². The van der Waals surface area contributed by atoms with Gasteiger partial charge in [0.05, 0.1) is 4.90 Å². The number of nitrogens with zero attached hydrogens (tertiary/aromatic N) is 1. The largest absolute Gasteiger partial charge is 0.352 e. The molecule has 1 atom stereocenters. The van der Waals surface area contributed by atoms with E-state index >= 15 is 0 Å². The van der Waals surface area contributed by atoms with Gasteiger partial charge in [-0.15, -0.1) is 0 Å². The maximum Gasteiger partial charge on any atom is 0.251 e. The van der Waals surface area contributed by atoms with Crippen molar-refractivity contribution in [3.8, 4) is 0 Å². The van der Waals surface area contributed by atoms with Crippen LogP contribution in [0.4, 0.5) is 0 Å². The zero-order valence-corrected chi connectivity index (χ0v) is 15.3. The third-order valence-corrected chi connectivity index (χ3v) is 5.78. The minimum Gasteiger partial charge on any atom is -0.352 e. The number of unbranched alkanes of at least 4 members (excludes halogenated alkanes) is 1. The minimum atomic E-state index is -3.53. The summed E-state index contributed by atoms with van der Waals surface area (Å²) in [5, 5.41) is 2.92. The molecule has 1 amide bonds. The van der Waals surface area contributed by atoms with Crippen molar-refractivity contribution in [2.24, 2.45) is 5.92 Å². The fourth-order valence-electron chi connectivity index (χ4n) is 2.29. The Hall–Kier alpha value is -1.40. The summed E-state index contributed by atoms with van der Waals surface area (Å²) in [5.74, 6) is 0.239. The molecule has 1 unspecified atom stereocenters. The van der Waals surface area contributed by atoms with E-state index in [4.69, 9.17) is 0 Å². The van der Waals surface area contributed by atoms with E-state index in [2.05, 4.69) is 19.2 Å². The van der Waals surface area contributed by atoms with Gasteiger partial charge in [0.1, 0.15) is 0 Å². The number of nitrogens with one attached hydrogen (secondary N) is 1. The van der Waals surface area contributed by atoms with Gasteiger partial charge in [-0.1, -0.05) is 39.2 Å². The quantitative estimate of drug-likeness (QED) is 0.751. The van der Waals surface area contributed by atoms with Crippen LogP contribution in [0.2, 0.25) is 0 Å². The van der Waals surface area contributed by atoms with E-state index in [1.807, 2.05) is 0 Å².